The molecular formula is C13H26N2O3S. The second kappa shape index (κ2) is 6.52. The van der Waals surface area contributed by atoms with Gasteiger partial charge in [-0.15, -0.1) is 0 Å². The SMILES string of the molecule is CNC(CC1CCCN(S(C)(=O)=O)C1)C1CCCO1. The van der Waals surface area contributed by atoms with Crippen molar-refractivity contribution < 1.29 is 13.2 Å². The Labute approximate surface area is 116 Å². The highest BCUT2D eigenvalue weighted by Gasteiger charge is 2.31. The highest BCUT2D eigenvalue weighted by Crippen LogP contribution is 2.26. The number of ether oxygens (including phenoxy) is 1. The quantitative estimate of drug-likeness (QED) is 0.814. The molecule has 112 valence electrons. The average molecular weight is 290 g/mol. The molecule has 5 nitrogen and oxygen atoms in total. The van der Waals surface area contributed by atoms with Crippen molar-refractivity contribution in [3.63, 3.8) is 0 Å². The molecule has 2 heterocycles. The molecule has 0 aromatic carbocycles. The fraction of sp³-hybridized carbons (Fsp3) is 1.00. The van der Waals surface area contributed by atoms with Gasteiger partial charge in [0.15, 0.2) is 0 Å². The first-order valence-electron chi connectivity index (χ1n) is 7.24. The van der Waals surface area contributed by atoms with Crippen molar-refractivity contribution >= 4 is 10.0 Å². The van der Waals surface area contributed by atoms with Crippen LogP contribution in [0.5, 0.6) is 0 Å². The molecule has 2 fully saturated rings. The molecule has 0 aromatic heterocycles. The van der Waals surface area contributed by atoms with Crippen LogP contribution in [0.15, 0.2) is 0 Å². The Balaban J connectivity index is 1.90. The first kappa shape index (κ1) is 15.2. The van der Waals surface area contributed by atoms with Gasteiger partial charge in [-0.25, -0.2) is 12.7 Å². The lowest BCUT2D eigenvalue weighted by Gasteiger charge is -2.34. The third-order valence-electron chi connectivity index (χ3n) is 4.32. The van der Waals surface area contributed by atoms with E-state index in [4.69, 9.17) is 4.74 Å². The van der Waals surface area contributed by atoms with Gasteiger partial charge in [0.1, 0.15) is 0 Å². The Bertz CT molecular complexity index is 379. The van der Waals surface area contributed by atoms with Gasteiger partial charge in [0.2, 0.25) is 10.0 Å². The van der Waals surface area contributed by atoms with Crippen molar-refractivity contribution in [2.45, 2.75) is 44.2 Å². The van der Waals surface area contributed by atoms with Crippen molar-refractivity contribution in [3.8, 4) is 0 Å². The first-order chi connectivity index (χ1) is 9.00. The lowest BCUT2D eigenvalue weighted by molar-refractivity contribution is 0.0683. The number of rotatable bonds is 5. The topological polar surface area (TPSA) is 58.6 Å². The van der Waals surface area contributed by atoms with E-state index in [-0.39, 0.29) is 0 Å². The molecule has 2 aliphatic rings. The van der Waals surface area contributed by atoms with E-state index < -0.39 is 10.0 Å². The van der Waals surface area contributed by atoms with Crippen LogP contribution in [0.25, 0.3) is 0 Å². The first-order valence-corrected chi connectivity index (χ1v) is 9.09. The van der Waals surface area contributed by atoms with E-state index in [1.54, 1.807) is 4.31 Å². The Morgan fingerprint density at radius 3 is 2.74 bits per heavy atom. The van der Waals surface area contributed by atoms with E-state index in [0.717, 1.165) is 38.7 Å². The Hall–Kier alpha value is -0.170. The molecule has 0 spiro atoms. The van der Waals surface area contributed by atoms with E-state index in [9.17, 15) is 8.42 Å². The number of hydrogen-bond acceptors (Lipinski definition) is 4. The number of hydrogen-bond donors (Lipinski definition) is 1. The van der Waals surface area contributed by atoms with Crippen LogP contribution in [0.3, 0.4) is 0 Å². The fourth-order valence-corrected chi connectivity index (χ4v) is 4.20. The second-order valence-electron chi connectivity index (χ2n) is 5.81. The van der Waals surface area contributed by atoms with E-state index in [2.05, 4.69) is 5.32 Å². The Kier molecular flexibility index (Phi) is 5.22. The summed E-state index contributed by atoms with van der Waals surface area (Å²) in [6.45, 7) is 2.21. The zero-order chi connectivity index (χ0) is 13.9. The molecule has 0 saturated carbocycles. The van der Waals surface area contributed by atoms with E-state index in [1.807, 2.05) is 7.05 Å². The molecule has 6 heteroatoms. The van der Waals surface area contributed by atoms with Gasteiger partial charge in [0.05, 0.1) is 12.4 Å². The summed E-state index contributed by atoms with van der Waals surface area (Å²) in [4.78, 5) is 0. The summed E-state index contributed by atoms with van der Waals surface area (Å²) in [5.74, 6) is 0.449. The molecule has 1 N–H and O–H groups in total. The smallest absolute Gasteiger partial charge is 0.211 e. The molecule has 0 radical (unpaired) electrons. The van der Waals surface area contributed by atoms with Crippen LogP contribution in [-0.4, -0.2) is 57.9 Å². The van der Waals surface area contributed by atoms with Crippen LogP contribution < -0.4 is 5.32 Å². The monoisotopic (exact) mass is 290 g/mol. The lowest BCUT2D eigenvalue weighted by atomic mass is 9.90. The van der Waals surface area contributed by atoms with Gasteiger partial charge in [-0.1, -0.05) is 0 Å². The third-order valence-corrected chi connectivity index (χ3v) is 5.59. The zero-order valence-electron chi connectivity index (χ0n) is 12.0. The van der Waals surface area contributed by atoms with Crippen molar-refractivity contribution in [1.29, 1.82) is 0 Å². The van der Waals surface area contributed by atoms with Crippen LogP contribution in [-0.2, 0) is 14.8 Å². The molecule has 0 bridgehead atoms. The van der Waals surface area contributed by atoms with Gasteiger partial charge >= 0.3 is 0 Å². The zero-order valence-corrected chi connectivity index (χ0v) is 12.8. The Morgan fingerprint density at radius 2 is 2.16 bits per heavy atom. The molecule has 3 unspecified atom stereocenters. The van der Waals surface area contributed by atoms with E-state index >= 15 is 0 Å². The minimum atomic E-state index is -3.04. The standard InChI is InChI=1S/C13H26N2O3S/c1-14-12(13-6-4-8-18-13)9-11-5-3-7-15(10-11)19(2,16)17/h11-14H,3-10H2,1-2H3. The predicted molar refractivity (Wildman–Crippen MR) is 75.6 cm³/mol. The van der Waals surface area contributed by atoms with E-state index in [0.29, 0.717) is 31.2 Å². The number of likely N-dealkylation sites (N-methyl/N-ethyl adjacent to an activating group) is 1. The summed E-state index contributed by atoms with van der Waals surface area (Å²) in [7, 11) is -1.06. The van der Waals surface area contributed by atoms with Gasteiger partial charge in [0.25, 0.3) is 0 Å². The van der Waals surface area contributed by atoms with Crippen molar-refractivity contribution in [1.82, 2.24) is 9.62 Å². The van der Waals surface area contributed by atoms with Gasteiger partial charge in [-0.05, 0) is 45.1 Å². The summed E-state index contributed by atoms with van der Waals surface area (Å²) in [5.41, 5.74) is 0. The van der Waals surface area contributed by atoms with Crippen LogP contribution >= 0.6 is 0 Å². The summed E-state index contributed by atoms with van der Waals surface area (Å²) < 4.78 is 30.6. The van der Waals surface area contributed by atoms with E-state index in [1.165, 1.54) is 6.26 Å². The molecule has 0 aliphatic carbocycles. The van der Waals surface area contributed by atoms with Crippen LogP contribution in [0.2, 0.25) is 0 Å². The molecule has 0 aromatic rings. The Morgan fingerprint density at radius 1 is 1.37 bits per heavy atom. The highest BCUT2D eigenvalue weighted by molar-refractivity contribution is 7.88. The second-order valence-corrected chi connectivity index (χ2v) is 7.79. The molecular weight excluding hydrogens is 264 g/mol. The molecule has 19 heavy (non-hydrogen) atoms. The molecule has 2 rings (SSSR count). The maximum absolute atomic E-state index is 11.6. The van der Waals surface area contributed by atoms with Crippen LogP contribution in [0, 0.1) is 5.92 Å². The summed E-state index contributed by atoms with van der Waals surface area (Å²) in [6, 6.07) is 0.354. The fourth-order valence-electron chi connectivity index (χ4n) is 3.26. The van der Waals surface area contributed by atoms with Gasteiger partial charge < -0.3 is 10.1 Å². The normalized spacial score (nSPS) is 31.5. The summed E-state index contributed by atoms with van der Waals surface area (Å²) in [6.07, 6.45) is 6.98. The van der Waals surface area contributed by atoms with Crippen LogP contribution in [0.4, 0.5) is 0 Å². The molecule has 0 amide bonds. The van der Waals surface area contributed by atoms with Gasteiger partial charge in [-0.2, -0.15) is 0 Å². The third kappa shape index (κ3) is 4.15. The predicted octanol–water partition coefficient (Wildman–Crippen LogP) is 0.815. The van der Waals surface area contributed by atoms with Crippen LogP contribution in [0.1, 0.15) is 32.1 Å². The molecule has 2 aliphatic heterocycles. The number of piperidine rings is 1. The molecule has 3 atom stereocenters. The van der Waals surface area contributed by atoms with Crippen molar-refractivity contribution in [2.75, 3.05) is 33.0 Å². The average Bonchev–Trinajstić information content (AvgIpc) is 2.89. The maximum Gasteiger partial charge on any atom is 0.211 e. The minimum Gasteiger partial charge on any atom is -0.377 e. The lowest BCUT2D eigenvalue weighted by Crippen LogP contribution is -2.44. The summed E-state index contributed by atoms with van der Waals surface area (Å²) >= 11 is 0. The minimum absolute atomic E-state index is 0.304. The number of nitrogens with one attached hydrogen (secondary N) is 1. The van der Waals surface area contributed by atoms with Gasteiger partial charge in [0, 0.05) is 25.7 Å². The maximum atomic E-state index is 11.6. The number of nitrogens with zero attached hydrogens (tertiary/aromatic N) is 1. The molecule has 2 saturated heterocycles. The largest absolute Gasteiger partial charge is 0.377 e. The van der Waals surface area contributed by atoms with Crippen molar-refractivity contribution in [2.24, 2.45) is 5.92 Å². The highest BCUT2D eigenvalue weighted by atomic mass is 32.2. The number of sulfonamides is 1. The summed E-state index contributed by atoms with van der Waals surface area (Å²) in [5, 5.41) is 3.35. The van der Waals surface area contributed by atoms with Gasteiger partial charge in [-0.3, -0.25) is 0 Å². The van der Waals surface area contributed by atoms with Crippen molar-refractivity contribution in [3.05, 3.63) is 0 Å².